The Morgan fingerprint density at radius 3 is 2.75 bits per heavy atom. The Balaban J connectivity index is 2.16. The van der Waals surface area contributed by atoms with Gasteiger partial charge in [-0.1, -0.05) is 23.7 Å². The Morgan fingerprint density at radius 1 is 1.25 bits per heavy atom. The van der Waals surface area contributed by atoms with Crippen molar-refractivity contribution in [3.8, 4) is 11.3 Å². The summed E-state index contributed by atoms with van der Waals surface area (Å²) in [5, 5.41) is 8.59. The minimum atomic E-state index is 0.765. The van der Waals surface area contributed by atoms with Gasteiger partial charge in [-0.3, -0.25) is 4.68 Å². The summed E-state index contributed by atoms with van der Waals surface area (Å²) in [4.78, 5) is 0. The van der Waals surface area contributed by atoms with E-state index in [1.165, 1.54) is 16.8 Å². The summed E-state index contributed by atoms with van der Waals surface area (Å²) in [5.74, 6) is 0. The first-order chi connectivity index (χ1) is 7.75. The summed E-state index contributed by atoms with van der Waals surface area (Å²) < 4.78 is 1.95. The topological polar surface area (TPSA) is 29.9 Å². The van der Waals surface area contributed by atoms with Crippen LogP contribution < -0.4 is 5.32 Å². The normalized spacial score (nSPS) is 14.1. The average Bonchev–Trinajstić information content (AvgIpc) is 2.79. The Bertz CT molecular complexity index is 528. The SMILES string of the molecule is Cn1nc2c(c1-c1ccc(Cl)cc1)CNC2. The molecule has 82 valence electrons. The molecule has 16 heavy (non-hydrogen) atoms. The molecule has 0 atom stereocenters. The monoisotopic (exact) mass is 233 g/mol. The fourth-order valence-corrected chi connectivity index (χ4v) is 2.35. The molecule has 4 heteroatoms. The Morgan fingerprint density at radius 2 is 2.00 bits per heavy atom. The van der Waals surface area contributed by atoms with Crippen molar-refractivity contribution in [3.63, 3.8) is 0 Å². The first-order valence-electron chi connectivity index (χ1n) is 5.27. The van der Waals surface area contributed by atoms with Gasteiger partial charge in [0.1, 0.15) is 0 Å². The van der Waals surface area contributed by atoms with E-state index in [9.17, 15) is 0 Å². The van der Waals surface area contributed by atoms with Crippen molar-refractivity contribution >= 4 is 11.6 Å². The van der Waals surface area contributed by atoms with Crippen molar-refractivity contribution in [2.45, 2.75) is 13.1 Å². The van der Waals surface area contributed by atoms with Crippen molar-refractivity contribution in [2.75, 3.05) is 0 Å². The molecule has 1 aliphatic rings. The smallest absolute Gasteiger partial charge is 0.0814 e. The predicted molar refractivity (Wildman–Crippen MR) is 64.2 cm³/mol. The fraction of sp³-hybridized carbons (Fsp3) is 0.250. The van der Waals surface area contributed by atoms with Crippen molar-refractivity contribution < 1.29 is 0 Å². The molecule has 0 unspecified atom stereocenters. The molecule has 0 radical (unpaired) electrons. The highest BCUT2D eigenvalue weighted by Gasteiger charge is 2.21. The van der Waals surface area contributed by atoms with Crippen LogP contribution in [0.4, 0.5) is 0 Å². The molecule has 0 fully saturated rings. The predicted octanol–water partition coefficient (Wildman–Crippen LogP) is 2.34. The summed E-state index contributed by atoms with van der Waals surface area (Å²) in [6.45, 7) is 1.78. The first-order valence-corrected chi connectivity index (χ1v) is 5.65. The van der Waals surface area contributed by atoms with Gasteiger partial charge in [-0.15, -0.1) is 0 Å². The second kappa shape index (κ2) is 3.61. The van der Waals surface area contributed by atoms with Crippen LogP contribution in [0.3, 0.4) is 0 Å². The molecule has 1 N–H and O–H groups in total. The summed E-state index contributed by atoms with van der Waals surface area (Å²) in [6, 6.07) is 7.91. The van der Waals surface area contributed by atoms with Gasteiger partial charge in [0.15, 0.2) is 0 Å². The highest BCUT2D eigenvalue weighted by atomic mass is 35.5. The highest BCUT2D eigenvalue weighted by Crippen LogP contribution is 2.29. The largest absolute Gasteiger partial charge is 0.307 e. The van der Waals surface area contributed by atoms with Crippen LogP contribution in [0, 0.1) is 0 Å². The molecule has 3 nitrogen and oxygen atoms in total. The lowest BCUT2D eigenvalue weighted by Crippen LogP contribution is -2.06. The summed E-state index contributed by atoms with van der Waals surface area (Å²) >= 11 is 5.90. The first kappa shape index (κ1) is 9.87. The third-order valence-corrected chi connectivity index (χ3v) is 3.19. The van der Waals surface area contributed by atoms with Gasteiger partial charge in [0.25, 0.3) is 0 Å². The van der Waals surface area contributed by atoms with Crippen LogP contribution in [0.5, 0.6) is 0 Å². The molecule has 0 spiro atoms. The lowest BCUT2D eigenvalue weighted by Gasteiger charge is -2.05. The van der Waals surface area contributed by atoms with Gasteiger partial charge in [-0.05, 0) is 12.1 Å². The maximum absolute atomic E-state index is 5.90. The van der Waals surface area contributed by atoms with Crippen molar-refractivity contribution in [1.82, 2.24) is 15.1 Å². The Kier molecular flexibility index (Phi) is 2.23. The highest BCUT2D eigenvalue weighted by molar-refractivity contribution is 6.30. The second-order valence-corrected chi connectivity index (χ2v) is 4.44. The van der Waals surface area contributed by atoms with E-state index in [0.29, 0.717) is 0 Å². The zero-order valence-electron chi connectivity index (χ0n) is 9.00. The van der Waals surface area contributed by atoms with Crippen molar-refractivity contribution in [2.24, 2.45) is 7.05 Å². The number of hydrogen-bond donors (Lipinski definition) is 1. The average molecular weight is 234 g/mol. The number of halogens is 1. The maximum Gasteiger partial charge on any atom is 0.0814 e. The van der Waals surface area contributed by atoms with Gasteiger partial charge < -0.3 is 5.32 Å². The van der Waals surface area contributed by atoms with Gasteiger partial charge in [-0.25, -0.2) is 0 Å². The number of nitrogens with one attached hydrogen (secondary N) is 1. The van der Waals surface area contributed by atoms with E-state index in [1.54, 1.807) is 0 Å². The molecule has 1 aromatic carbocycles. The van der Waals surface area contributed by atoms with Crippen LogP contribution in [-0.2, 0) is 20.1 Å². The molecule has 2 aromatic rings. The molecule has 3 rings (SSSR count). The van der Waals surface area contributed by atoms with Gasteiger partial charge >= 0.3 is 0 Å². The molecule has 1 aromatic heterocycles. The van der Waals surface area contributed by atoms with Crippen LogP contribution in [-0.4, -0.2) is 9.78 Å². The number of rotatable bonds is 1. The van der Waals surface area contributed by atoms with E-state index in [0.717, 1.165) is 23.8 Å². The zero-order valence-corrected chi connectivity index (χ0v) is 9.75. The van der Waals surface area contributed by atoms with Gasteiger partial charge in [-0.2, -0.15) is 5.10 Å². The number of hydrogen-bond acceptors (Lipinski definition) is 2. The minimum absolute atomic E-state index is 0.765. The molecular weight excluding hydrogens is 222 g/mol. The number of aromatic nitrogens is 2. The van der Waals surface area contributed by atoms with Crippen LogP contribution in [0.25, 0.3) is 11.3 Å². The standard InChI is InChI=1S/C12H12ClN3/c1-16-12(8-2-4-9(13)5-3-8)10-6-14-7-11(10)15-16/h2-5,14H,6-7H2,1H3. The molecule has 0 amide bonds. The second-order valence-electron chi connectivity index (χ2n) is 4.01. The fourth-order valence-electron chi connectivity index (χ4n) is 2.23. The quantitative estimate of drug-likeness (QED) is 0.820. The number of fused-ring (bicyclic) bond motifs is 1. The van der Waals surface area contributed by atoms with E-state index in [4.69, 9.17) is 11.6 Å². The van der Waals surface area contributed by atoms with Gasteiger partial charge in [0.05, 0.1) is 11.4 Å². The van der Waals surface area contributed by atoms with Crippen molar-refractivity contribution in [1.29, 1.82) is 0 Å². The molecule has 1 aliphatic heterocycles. The Hall–Kier alpha value is -1.32. The van der Waals surface area contributed by atoms with E-state index in [-0.39, 0.29) is 0 Å². The van der Waals surface area contributed by atoms with Gasteiger partial charge in [0, 0.05) is 36.3 Å². The molecule has 0 saturated carbocycles. The maximum atomic E-state index is 5.90. The lowest BCUT2D eigenvalue weighted by molar-refractivity contribution is 0.693. The van der Waals surface area contributed by atoms with Crippen LogP contribution >= 0.6 is 11.6 Å². The van der Waals surface area contributed by atoms with Crippen LogP contribution in [0.2, 0.25) is 5.02 Å². The Labute approximate surface area is 99.0 Å². The van der Waals surface area contributed by atoms with E-state index in [1.807, 2.05) is 36.0 Å². The van der Waals surface area contributed by atoms with E-state index >= 15 is 0 Å². The van der Waals surface area contributed by atoms with Crippen LogP contribution in [0.15, 0.2) is 24.3 Å². The number of aryl methyl sites for hydroxylation is 1. The summed E-state index contributed by atoms with van der Waals surface area (Å²) in [7, 11) is 1.99. The third kappa shape index (κ3) is 1.44. The molecule has 0 bridgehead atoms. The summed E-state index contributed by atoms with van der Waals surface area (Å²) in [6.07, 6.45) is 0. The molecule has 0 saturated heterocycles. The summed E-state index contributed by atoms with van der Waals surface area (Å²) in [5.41, 5.74) is 4.83. The molecule has 2 heterocycles. The minimum Gasteiger partial charge on any atom is -0.307 e. The zero-order chi connectivity index (χ0) is 11.1. The van der Waals surface area contributed by atoms with Gasteiger partial charge in [0.2, 0.25) is 0 Å². The third-order valence-electron chi connectivity index (χ3n) is 2.94. The number of benzene rings is 1. The molecular formula is C12H12ClN3. The van der Waals surface area contributed by atoms with E-state index in [2.05, 4.69) is 10.4 Å². The van der Waals surface area contributed by atoms with Crippen molar-refractivity contribution in [3.05, 3.63) is 40.5 Å². The van der Waals surface area contributed by atoms with Crippen LogP contribution in [0.1, 0.15) is 11.3 Å². The number of nitrogens with zero attached hydrogens (tertiary/aromatic N) is 2. The molecule has 0 aliphatic carbocycles. The van der Waals surface area contributed by atoms with E-state index < -0.39 is 0 Å². The lowest BCUT2D eigenvalue weighted by atomic mass is 10.1.